The fourth-order valence-corrected chi connectivity index (χ4v) is 3.98. The summed E-state index contributed by atoms with van der Waals surface area (Å²) in [6.45, 7) is 9.36. The maximum absolute atomic E-state index is 13.6. The molecule has 0 fully saturated rings. The van der Waals surface area contributed by atoms with Gasteiger partial charge in [0.2, 0.25) is 5.78 Å². The molecular formula is C27H30O5. The Kier molecular flexibility index (Phi) is 7.09. The van der Waals surface area contributed by atoms with Crippen LogP contribution in [0.5, 0.6) is 0 Å². The van der Waals surface area contributed by atoms with Crippen LogP contribution in [0.4, 0.5) is 0 Å². The molecule has 0 heterocycles. The molecule has 2 aromatic carbocycles. The summed E-state index contributed by atoms with van der Waals surface area (Å²) in [5.74, 6) is -1.83. The van der Waals surface area contributed by atoms with Crippen LogP contribution in [0.3, 0.4) is 0 Å². The van der Waals surface area contributed by atoms with Crippen LogP contribution in [0.2, 0.25) is 0 Å². The highest BCUT2D eigenvalue weighted by atomic mass is 16.5. The summed E-state index contributed by atoms with van der Waals surface area (Å²) < 4.78 is 5.57. The number of benzene rings is 2. The van der Waals surface area contributed by atoms with Crippen molar-refractivity contribution in [3.05, 3.63) is 81.6 Å². The summed E-state index contributed by atoms with van der Waals surface area (Å²) in [7, 11) is 0. The van der Waals surface area contributed by atoms with Crippen LogP contribution >= 0.6 is 0 Å². The van der Waals surface area contributed by atoms with Crippen molar-refractivity contribution in [2.75, 3.05) is 0 Å². The van der Waals surface area contributed by atoms with Crippen LogP contribution in [0.15, 0.2) is 53.8 Å². The van der Waals surface area contributed by atoms with Crippen molar-refractivity contribution in [2.24, 2.45) is 11.8 Å². The quantitative estimate of drug-likeness (QED) is 0.614. The molecule has 5 heteroatoms. The molecule has 168 valence electrons. The lowest BCUT2D eigenvalue weighted by Gasteiger charge is -2.26. The number of fused-ring (bicyclic) bond motifs is 1. The molecule has 1 unspecified atom stereocenters. The van der Waals surface area contributed by atoms with Gasteiger partial charge in [-0.15, -0.1) is 0 Å². The maximum atomic E-state index is 13.6. The Bertz CT molecular complexity index is 1080. The second-order valence-electron chi connectivity index (χ2n) is 8.94. The Balaban J connectivity index is 2.07. The van der Waals surface area contributed by atoms with E-state index in [0.29, 0.717) is 24.0 Å². The fourth-order valence-electron chi connectivity index (χ4n) is 3.98. The average Bonchev–Trinajstić information content (AvgIpc) is 2.76. The van der Waals surface area contributed by atoms with Gasteiger partial charge >= 0.3 is 5.97 Å². The molecule has 3 rings (SSSR count). The number of ether oxygens (including phenoxy) is 1. The molecule has 1 atom stereocenters. The molecule has 0 radical (unpaired) electrons. The van der Waals surface area contributed by atoms with Crippen molar-refractivity contribution >= 4 is 17.5 Å². The van der Waals surface area contributed by atoms with Gasteiger partial charge in [0.05, 0.1) is 11.7 Å². The molecule has 1 aliphatic rings. The number of rotatable bonds is 7. The van der Waals surface area contributed by atoms with Crippen LogP contribution in [0, 0.1) is 18.8 Å². The first kappa shape index (κ1) is 23.6. The van der Waals surface area contributed by atoms with Gasteiger partial charge in [0, 0.05) is 16.7 Å². The zero-order valence-corrected chi connectivity index (χ0v) is 19.3. The van der Waals surface area contributed by atoms with E-state index in [-0.39, 0.29) is 34.5 Å². The van der Waals surface area contributed by atoms with Crippen molar-refractivity contribution in [1.29, 1.82) is 0 Å². The van der Waals surface area contributed by atoms with E-state index in [0.717, 1.165) is 11.1 Å². The molecule has 2 aromatic rings. The monoisotopic (exact) mass is 434 g/mol. The minimum absolute atomic E-state index is 0.0852. The first-order chi connectivity index (χ1) is 15.1. The third-order valence-corrected chi connectivity index (χ3v) is 5.96. The zero-order valence-electron chi connectivity index (χ0n) is 19.3. The van der Waals surface area contributed by atoms with Crippen molar-refractivity contribution < 1.29 is 24.2 Å². The molecule has 1 N–H and O–H groups in total. The van der Waals surface area contributed by atoms with Crippen LogP contribution in [0.25, 0.3) is 0 Å². The second-order valence-corrected chi connectivity index (χ2v) is 8.94. The molecule has 0 spiro atoms. The topological polar surface area (TPSA) is 80.7 Å². The van der Waals surface area contributed by atoms with Gasteiger partial charge in [-0.3, -0.25) is 9.59 Å². The Morgan fingerprint density at radius 1 is 0.969 bits per heavy atom. The predicted molar refractivity (Wildman–Crippen MR) is 123 cm³/mol. The van der Waals surface area contributed by atoms with Gasteiger partial charge in [-0.1, -0.05) is 58.0 Å². The van der Waals surface area contributed by atoms with Gasteiger partial charge < -0.3 is 9.84 Å². The summed E-state index contributed by atoms with van der Waals surface area (Å²) in [6.07, 6.45) is 0.400. The lowest BCUT2D eigenvalue weighted by atomic mass is 9.79. The molecule has 0 saturated carbocycles. The molecular weight excluding hydrogens is 404 g/mol. The number of aliphatic hydroxyl groups excluding tert-OH is 1. The Hall–Kier alpha value is -3.05. The minimum Gasteiger partial charge on any atom is -0.418 e. The van der Waals surface area contributed by atoms with Crippen LogP contribution < -0.4 is 0 Å². The molecule has 0 aliphatic heterocycles. The highest BCUT2D eigenvalue weighted by molar-refractivity contribution is 6.27. The van der Waals surface area contributed by atoms with E-state index in [9.17, 15) is 19.5 Å². The van der Waals surface area contributed by atoms with Gasteiger partial charge in [0.15, 0.2) is 11.5 Å². The van der Waals surface area contributed by atoms with E-state index in [4.69, 9.17) is 4.74 Å². The molecule has 0 aromatic heterocycles. The summed E-state index contributed by atoms with van der Waals surface area (Å²) in [6, 6.07) is 11.9. The normalized spacial score (nSPS) is 14.8. The third-order valence-electron chi connectivity index (χ3n) is 5.96. The number of aliphatic hydroxyl groups is 1. The first-order valence-corrected chi connectivity index (χ1v) is 11.0. The fraction of sp³-hybridized carbons (Fsp3) is 0.370. The number of Topliss-reactive ketones (excluding diaryl/α,β-unsaturated/α-hetero) is 2. The Labute approximate surface area is 189 Å². The lowest BCUT2D eigenvalue weighted by Crippen LogP contribution is -2.29. The third kappa shape index (κ3) is 4.58. The number of ketones is 2. The number of hydrogen-bond acceptors (Lipinski definition) is 5. The van der Waals surface area contributed by atoms with E-state index in [1.165, 1.54) is 0 Å². The van der Waals surface area contributed by atoms with Gasteiger partial charge in [-0.05, 0) is 54.9 Å². The summed E-state index contributed by atoms with van der Waals surface area (Å²) in [5, 5.41) is 10.3. The van der Waals surface area contributed by atoms with Crippen LogP contribution in [-0.2, 0) is 11.2 Å². The average molecular weight is 435 g/mol. The lowest BCUT2D eigenvalue weighted by molar-refractivity contribution is 0.0577. The minimum atomic E-state index is -0.673. The number of carbonyl (C=O) groups is 3. The number of esters is 1. The van der Waals surface area contributed by atoms with Crippen molar-refractivity contribution in [3.8, 4) is 0 Å². The number of carbonyl (C=O) groups excluding carboxylic acids is 3. The van der Waals surface area contributed by atoms with Gasteiger partial charge in [-0.25, -0.2) is 4.79 Å². The van der Waals surface area contributed by atoms with Crippen LogP contribution in [-0.4, -0.2) is 28.7 Å². The molecule has 5 nitrogen and oxygen atoms in total. The van der Waals surface area contributed by atoms with E-state index >= 15 is 0 Å². The summed E-state index contributed by atoms with van der Waals surface area (Å²) in [4.78, 5) is 39.8. The molecule has 0 saturated heterocycles. The zero-order chi connectivity index (χ0) is 23.6. The molecule has 0 bridgehead atoms. The predicted octanol–water partition coefficient (Wildman–Crippen LogP) is 5.09. The first-order valence-electron chi connectivity index (χ1n) is 11.0. The van der Waals surface area contributed by atoms with E-state index in [2.05, 4.69) is 0 Å². The van der Waals surface area contributed by atoms with Crippen molar-refractivity contribution in [2.45, 2.75) is 53.6 Å². The summed E-state index contributed by atoms with van der Waals surface area (Å²) in [5.41, 5.74) is 2.71. The van der Waals surface area contributed by atoms with Gasteiger partial charge in [-0.2, -0.15) is 0 Å². The van der Waals surface area contributed by atoms with Gasteiger partial charge in [0.25, 0.3) is 0 Å². The van der Waals surface area contributed by atoms with Crippen molar-refractivity contribution in [1.82, 2.24) is 0 Å². The van der Waals surface area contributed by atoms with E-state index in [1.807, 2.05) is 26.8 Å². The second kappa shape index (κ2) is 9.61. The molecule has 0 amide bonds. The van der Waals surface area contributed by atoms with Crippen molar-refractivity contribution in [3.63, 3.8) is 0 Å². The maximum Gasteiger partial charge on any atom is 0.343 e. The van der Waals surface area contributed by atoms with Crippen LogP contribution in [0.1, 0.15) is 76.3 Å². The highest BCUT2D eigenvalue weighted by Gasteiger charge is 2.38. The molecule has 32 heavy (non-hydrogen) atoms. The highest BCUT2D eigenvalue weighted by Crippen LogP contribution is 2.35. The number of hydrogen-bond donors (Lipinski definition) is 1. The number of allylic oxidation sites excluding steroid dienone is 2. The van der Waals surface area contributed by atoms with E-state index < -0.39 is 17.9 Å². The Morgan fingerprint density at radius 3 is 2.22 bits per heavy atom. The number of aryl methyl sites for hydroxylation is 1. The molecule has 1 aliphatic carbocycles. The Morgan fingerprint density at radius 2 is 1.62 bits per heavy atom. The SMILES string of the molecule is Cc1ccc2c(c1CCC(O)C(C)C)C(=O)C(OC(=O)c1ccccc1)=C(C(C)C)C2=O. The van der Waals surface area contributed by atoms with Gasteiger partial charge in [0.1, 0.15) is 0 Å². The largest absolute Gasteiger partial charge is 0.418 e. The smallest absolute Gasteiger partial charge is 0.343 e. The van der Waals surface area contributed by atoms with E-state index in [1.54, 1.807) is 50.2 Å². The summed E-state index contributed by atoms with van der Waals surface area (Å²) >= 11 is 0. The standard InChI is InChI=1S/C27H30O5/c1-15(2)21(28)14-13-19-17(5)11-12-20-23(19)25(30)26(22(16(3)4)24(20)29)32-27(31)18-9-7-6-8-10-18/h6-12,15-16,21,28H,13-14H2,1-5H3.